The Balaban J connectivity index is 2.51. The SMILES string of the molecule is CCNC1c2c(OC)ccc(Br)c2CSC1C(C)C. The van der Waals surface area contributed by atoms with E-state index in [2.05, 4.69) is 54.2 Å². The van der Waals surface area contributed by atoms with Crippen LogP contribution in [0.1, 0.15) is 37.9 Å². The minimum atomic E-state index is 0.367. The van der Waals surface area contributed by atoms with Crippen LogP contribution in [0.2, 0.25) is 0 Å². The summed E-state index contributed by atoms with van der Waals surface area (Å²) in [5.41, 5.74) is 2.73. The molecule has 0 aromatic heterocycles. The van der Waals surface area contributed by atoms with E-state index in [4.69, 9.17) is 4.74 Å². The van der Waals surface area contributed by atoms with Crippen molar-refractivity contribution in [1.29, 1.82) is 0 Å². The first-order chi connectivity index (χ1) is 9.10. The third kappa shape index (κ3) is 2.96. The number of nitrogens with one attached hydrogen (secondary N) is 1. The molecule has 0 saturated carbocycles. The second-order valence-corrected chi connectivity index (χ2v) is 7.22. The van der Waals surface area contributed by atoms with E-state index in [1.54, 1.807) is 7.11 Å². The van der Waals surface area contributed by atoms with E-state index in [9.17, 15) is 0 Å². The molecule has 1 N–H and O–H groups in total. The normalized spacial score (nSPS) is 22.4. The first-order valence-corrected chi connectivity index (χ1v) is 8.64. The molecule has 0 aliphatic carbocycles. The Morgan fingerprint density at radius 3 is 2.79 bits per heavy atom. The van der Waals surface area contributed by atoms with Gasteiger partial charge in [-0.3, -0.25) is 0 Å². The summed E-state index contributed by atoms with van der Waals surface area (Å²) in [5.74, 6) is 2.71. The molecule has 0 fully saturated rings. The van der Waals surface area contributed by atoms with E-state index in [-0.39, 0.29) is 0 Å². The highest BCUT2D eigenvalue weighted by molar-refractivity contribution is 9.10. The molecular formula is C15H22BrNOS. The molecule has 1 aromatic carbocycles. The second kappa shape index (κ2) is 6.51. The molecule has 1 aliphatic rings. The molecule has 2 nitrogen and oxygen atoms in total. The van der Waals surface area contributed by atoms with Gasteiger partial charge in [0.1, 0.15) is 5.75 Å². The van der Waals surface area contributed by atoms with Gasteiger partial charge in [-0.2, -0.15) is 11.8 Å². The summed E-state index contributed by atoms with van der Waals surface area (Å²) in [5, 5.41) is 4.25. The van der Waals surface area contributed by atoms with E-state index in [1.165, 1.54) is 15.6 Å². The van der Waals surface area contributed by atoms with Crippen molar-refractivity contribution >= 4 is 27.7 Å². The van der Waals surface area contributed by atoms with Crippen molar-refractivity contribution in [3.05, 3.63) is 27.7 Å². The number of thioether (sulfide) groups is 1. The van der Waals surface area contributed by atoms with E-state index >= 15 is 0 Å². The van der Waals surface area contributed by atoms with E-state index in [0.717, 1.165) is 18.0 Å². The van der Waals surface area contributed by atoms with Crippen LogP contribution in [0.3, 0.4) is 0 Å². The third-order valence-corrected chi connectivity index (χ3v) is 6.02. The molecular weight excluding hydrogens is 322 g/mol. The van der Waals surface area contributed by atoms with Gasteiger partial charge in [-0.1, -0.05) is 36.7 Å². The predicted octanol–water partition coefficient (Wildman–Crippen LogP) is 4.38. The second-order valence-electron chi connectivity index (χ2n) is 5.20. The van der Waals surface area contributed by atoms with Gasteiger partial charge < -0.3 is 10.1 Å². The van der Waals surface area contributed by atoms with Gasteiger partial charge in [0.05, 0.1) is 7.11 Å². The van der Waals surface area contributed by atoms with E-state index in [1.807, 2.05) is 11.8 Å². The molecule has 0 saturated heterocycles. The number of methoxy groups -OCH3 is 1. The van der Waals surface area contributed by atoms with Gasteiger partial charge >= 0.3 is 0 Å². The maximum atomic E-state index is 5.60. The fraction of sp³-hybridized carbons (Fsp3) is 0.600. The van der Waals surface area contributed by atoms with Crippen LogP contribution in [0.15, 0.2) is 16.6 Å². The Labute approximate surface area is 128 Å². The van der Waals surface area contributed by atoms with Crippen LogP contribution in [0.4, 0.5) is 0 Å². The Morgan fingerprint density at radius 1 is 1.47 bits per heavy atom. The van der Waals surface area contributed by atoms with Gasteiger partial charge in [0.25, 0.3) is 0 Å². The summed E-state index contributed by atoms with van der Waals surface area (Å²) in [6, 6.07) is 4.53. The molecule has 4 heteroatoms. The monoisotopic (exact) mass is 343 g/mol. The van der Waals surface area contributed by atoms with Gasteiger partial charge in [-0.15, -0.1) is 0 Å². The third-order valence-electron chi connectivity index (χ3n) is 3.62. The lowest BCUT2D eigenvalue weighted by Gasteiger charge is -2.37. The number of hydrogen-bond acceptors (Lipinski definition) is 3. The average Bonchev–Trinajstić information content (AvgIpc) is 2.39. The highest BCUT2D eigenvalue weighted by Crippen LogP contribution is 2.47. The Morgan fingerprint density at radius 2 is 2.21 bits per heavy atom. The van der Waals surface area contributed by atoms with Crippen molar-refractivity contribution in [2.75, 3.05) is 13.7 Å². The zero-order valence-corrected chi connectivity index (χ0v) is 14.4. The first kappa shape index (κ1) is 15.2. The van der Waals surface area contributed by atoms with Crippen LogP contribution in [0.25, 0.3) is 0 Å². The number of fused-ring (bicyclic) bond motifs is 1. The van der Waals surface area contributed by atoms with E-state index < -0.39 is 0 Å². The van der Waals surface area contributed by atoms with Gasteiger partial charge in [-0.25, -0.2) is 0 Å². The summed E-state index contributed by atoms with van der Waals surface area (Å²) < 4.78 is 6.80. The Hall–Kier alpha value is -0.190. The van der Waals surface area contributed by atoms with Gasteiger partial charge in [0.2, 0.25) is 0 Å². The maximum Gasteiger partial charge on any atom is 0.124 e. The van der Waals surface area contributed by atoms with Crippen LogP contribution < -0.4 is 10.1 Å². The van der Waals surface area contributed by atoms with Crippen molar-refractivity contribution in [3.8, 4) is 5.75 Å². The lowest BCUT2D eigenvalue weighted by atomic mass is 9.91. The van der Waals surface area contributed by atoms with E-state index in [0.29, 0.717) is 17.2 Å². The zero-order chi connectivity index (χ0) is 14.0. The summed E-state index contributed by atoms with van der Waals surface area (Å²) >= 11 is 5.73. The van der Waals surface area contributed by atoms with Crippen molar-refractivity contribution in [3.63, 3.8) is 0 Å². The molecule has 0 amide bonds. The highest BCUT2D eigenvalue weighted by Gasteiger charge is 2.34. The number of rotatable bonds is 4. The minimum absolute atomic E-state index is 0.367. The lowest BCUT2D eigenvalue weighted by molar-refractivity contribution is 0.384. The molecule has 2 atom stereocenters. The molecule has 1 aromatic rings. The quantitative estimate of drug-likeness (QED) is 0.876. The zero-order valence-electron chi connectivity index (χ0n) is 12.0. The van der Waals surface area contributed by atoms with Crippen molar-refractivity contribution in [1.82, 2.24) is 5.32 Å². The molecule has 0 radical (unpaired) electrons. The first-order valence-electron chi connectivity index (χ1n) is 6.80. The number of benzene rings is 1. The van der Waals surface area contributed by atoms with Crippen LogP contribution in [-0.4, -0.2) is 18.9 Å². The smallest absolute Gasteiger partial charge is 0.124 e. The molecule has 0 spiro atoms. The number of ether oxygens (including phenoxy) is 1. The fourth-order valence-electron chi connectivity index (χ4n) is 2.74. The molecule has 1 aliphatic heterocycles. The van der Waals surface area contributed by atoms with Crippen molar-refractivity contribution < 1.29 is 4.74 Å². The number of halogens is 1. The number of hydrogen-bond donors (Lipinski definition) is 1. The van der Waals surface area contributed by atoms with Gasteiger partial charge in [-0.05, 0) is 30.2 Å². The topological polar surface area (TPSA) is 21.3 Å². The molecule has 1 heterocycles. The average molecular weight is 344 g/mol. The summed E-state index contributed by atoms with van der Waals surface area (Å²) in [6.45, 7) is 7.75. The molecule has 0 bridgehead atoms. The maximum absolute atomic E-state index is 5.60. The predicted molar refractivity (Wildman–Crippen MR) is 87.0 cm³/mol. The van der Waals surface area contributed by atoms with Crippen LogP contribution in [0, 0.1) is 5.92 Å². The fourth-order valence-corrected chi connectivity index (χ4v) is 4.89. The van der Waals surface area contributed by atoms with Crippen molar-refractivity contribution in [2.45, 2.75) is 37.8 Å². The van der Waals surface area contributed by atoms with Crippen LogP contribution >= 0.6 is 27.7 Å². The summed E-state index contributed by atoms with van der Waals surface area (Å²) in [6.07, 6.45) is 0. The Bertz CT molecular complexity index is 450. The molecule has 19 heavy (non-hydrogen) atoms. The lowest BCUT2D eigenvalue weighted by Crippen LogP contribution is -2.36. The summed E-state index contributed by atoms with van der Waals surface area (Å²) in [7, 11) is 1.76. The van der Waals surface area contributed by atoms with Crippen molar-refractivity contribution in [2.24, 2.45) is 5.92 Å². The largest absolute Gasteiger partial charge is 0.496 e. The van der Waals surface area contributed by atoms with Crippen LogP contribution in [0.5, 0.6) is 5.75 Å². The molecule has 2 unspecified atom stereocenters. The molecule has 2 rings (SSSR count). The van der Waals surface area contributed by atoms with Crippen LogP contribution in [-0.2, 0) is 5.75 Å². The highest BCUT2D eigenvalue weighted by atomic mass is 79.9. The van der Waals surface area contributed by atoms with Gasteiger partial charge in [0.15, 0.2) is 0 Å². The minimum Gasteiger partial charge on any atom is -0.496 e. The summed E-state index contributed by atoms with van der Waals surface area (Å²) in [4.78, 5) is 0. The molecule has 106 valence electrons. The van der Waals surface area contributed by atoms with Gasteiger partial charge in [0, 0.05) is 27.1 Å². The Kier molecular flexibility index (Phi) is 5.21. The standard InChI is InChI=1S/C15H22BrNOS/c1-5-17-14-13-10(8-19-15(14)9(2)3)11(16)6-7-12(13)18-4/h6-7,9,14-15,17H,5,8H2,1-4H3.